The highest BCUT2D eigenvalue weighted by molar-refractivity contribution is 5.85. The topological polar surface area (TPSA) is 67.3 Å². The molecule has 2 rings (SSSR count). The number of aryl methyl sites for hydroxylation is 1. The number of anilines is 1. The smallest absolute Gasteiger partial charge is 0.245 e. The monoisotopic (exact) mass is 306 g/mol. The highest BCUT2D eigenvalue weighted by Gasteiger charge is 2.29. The molecule has 0 aromatic carbocycles. The summed E-state index contributed by atoms with van der Waals surface area (Å²) in [4.78, 5) is 23.4. The molecule has 1 aromatic heterocycles. The van der Waals surface area contributed by atoms with E-state index in [2.05, 4.69) is 29.1 Å². The summed E-state index contributed by atoms with van der Waals surface area (Å²) < 4.78 is 5.09. The van der Waals surface area contributed by atoms with Crippen LogP contribution in [0.2, 0.25) is 0 Å². The summed E-state index contributed by atoms with van der Waals surface area (Å²) in [6, 6.07) is 1.61. The molecule has 1 aromatic rings. The third-order valence-electron chi connectivity index (χ3n) is 3.83. The Kier molecular flexibility index (Phi) is 5.71. The summed E-state index contributed by atoms with van der Waals surface area (Å²) in [5, 5.41) is 3.30. The van der Waals surface area contributed by atoms with Crippen molar-refractivity contribution in [1.29, 1.82) is 0 Å². The summed E-state index contributed by atoms with van der Waals surface area (Å²) in [6.45, 7) is 8.11. The van der Waals surface area contributed by atoms with Crippen LogP contribution in [0.25, 0.3) is 0 Å². The van der Waals surface area contributed by atoms with Crippen molar-refractivity contribution in [3.05, 3.63) is 17.6 Å². The molecule has 0 unspecified atom stereocenters. The molecule has 1 saturated heterocycles. The van der Waals surface area contributed by atoms with Gasteiger partial charge in [-0.15, -0.1) is 0 Å². The quantitative estimate of drug-likeness (QED) is 0.870. The van der Waals surface area contributed by atoms with Gasteiger partial charge in [0.2, 0.25) is 5.91 Å². The number of nitrogens with one attached hydrogen (secondary N) is 1. The molecule has 122 valence electrons. The van der Waals surface area contributed by atoms with Crippen molar-refractivity contribution in [2.75, 3.05) is 25.5 Å². The van der Waals surface area contributed by atoms with E-state index < -0.39 is 0 Å². The number of aromatic nitrogens is 2. The van der Waals surface area contributed by atoms with Crippen LogP contribution in [-0.4, -0.2) is 47.0 Å². The highest BCUT2D eigenvalue weighted by atomic mass is 16.5. The standard InChI is InChI=1S/C16H26N4O2/c1-11(2)15(16(21)20-7-5-6-8-20)19-13-9-12(3)17-14(18-13)10-22-4/h9,11,15H,5-8,10H2,1-4H3,(H,17,18,19)/t15-/m0/s1. The Morgan fingerprint density at radius 2 is 2.05 bits per heavy atom. The Morgan fingerprint density at radius 3 is 2.64 bits per heavy atom. The molecule has 0 aliphatic carbocycles. The molecule has 1 amide bonds. The van der Waals surface area contributed by atoms with Gasteiger partial charge in [0.15, 0.2) is 5.82 Å². The van der Waals surface area contributed by atoms with Crippen LogP contribution in [-0.2, 0) is 16.1 Å². The molecule has 0 saturated carbocycles. The Labute approximate surface area is 132 Å². The number of likely N-dealkylation sites (tertiary alicyclic amines) is 1. The lowest BCUT2D eigenvalue weighted by Crippen LogP contribution is -2.44. The van der Waals surface area contributed by atoms with E-state index in [-0.39, 0.29) is 17.9 Å². The first-order valence-electron chi connectivity index (χ1n) is 7.90. The van der Waals surface area contributed by atoms with E-state index in [1.165, 1.54) is 0 Å². The van der Waals surface area contributed by atoms with E-state index in [0.29, 0.717) is 18.2 Å². The number of carbonyl (C=O) groups excluding carboxylic acids is 1. The number of carbonyl (C=O) groups is 1. The summed E-state index contributed by atoms with van der Waals surface area (Å²) in [5.74, 6) is 1.67. The zero-order chi connectivity index (χ0) is 16.1. The van der Waals surface area contributed by atoms with Crippen molar-refractivity contribution in [2.45, 2.75) is 46.3 Å². The van der Waals surface area contributed by atoms with Gasteiger partial charge in [-0.25, -0.2) is 9.97 Å². The molecular weight excluding hydrogens is 280 g/mol. The molecule has 0 bridgehead atoms. The van der Waals surface area contributed by atoms with Crippen molar-refractivity contribution >= 4 is 11.7 Å². The lowest BCUT2D eigenvalue weighted by atomic mass is 10.0. The second-order valence-corrected chi connectivity index (χ2v) is 6.14. The Balaban J connectivity index is 2.15. The molecule has 1 aliphatic heterocycles. The molecule has 6 heteroatoms. The van der Waals surface area contributed by atoms with Gasteiger partial charge in [-0.1, -0.05) is 13.8 Å². The molecule has 1 atom stereocenters. The van der Waals surface area contributed by atoms with Gasteiger partial charge in [-0.2, -0.15) is 0 Å². The fraction of sp³-hybridized carbons (Fsp3) is 0.688. The summed E-state index contributed by atoms with van der Waals surface area (Å²) >= 11 is 0. The van der Waals surface area contributed by atoms with Crippen LogP contribution in [0.15, 0.2) is 6.07 Å². The van der Waals surface area contributed by atoms with E-state index in [0.717, 1.165) is 31.6 Å². The minimum absolute atomic E-state index is 0.164. The average Bonchev–Trinajstić information content (AvgIpc) is 2.97. The van der Waals surface area contributed by atoms with Crippen molar-refractivity contribution in [2.24, 2.45) is 5.92 Å². The van der Waals surface area contributed by atoms with Crippen LogP contribution in [0.4, 0.5) is 5.82 Å². The Hall–Kier alpha value is -1.69. The maximum atomic E-state index is 12.7. The van der Waals surface area contributed by atoms with Gasteiger partial charge in [0, 0.05) is 32.0 Å². The molecule has 1 aliphatic rings. The van der Waals surface area contributed by atoms with Crippen LogP contribution in [0, 0.1) is 12.8 Å². The summed E-state index contributed by atoms with van der Waals surface area (Å²) in [5.41, 5.74) is 0.862. The highest BCUT2D eigenvalue weighted by Crippen LogP contribution is 2.17. The maximum Gasteiger partial charge on any atom is 0.245 e. The third-order valence-corrected chi connectivity index (χ3v) is 3.83. The minimum Gasteiger partial charge on any atom is -0.377 e. The number of ether oxygens (including phenoxy) is 1. The summed E-state index contributed by atoms with van der Waals surface area (Å²) in [6.07, 6.45) is 2.20. The fourth-order valence-corrected chi connectivity index (χ4v) is 2.70. The molecule has 0 radical (unpaired) electrons. The van der Waals surface area contributed by atoms with E-state index >= 15 is 0 Å². The molecule has 22 heavy (non-hydrogen) atoms. The summed E-state index contributed by atoms with van der Waals surface area (Å²) in [7, 11) is 1.62. The first-order chi connectivity index (χ1) is 10.5. The number of hydrogen-bond donors (Lipinski definition) is 1. The van der Waals surface area contributed by atoms with Gasteiger partial charge in [0.05, 0.1) is 0 Å². The van der Waals surface area contributed by atoms with Crippen LogP contribution < -0.4 is 5.32 Å². The zero-order valence-corrected chi connectivity index (χ0v) is 13.9. The maximum absolute atomic E-state index is 12.7. The van der Waals surface area contributed by atoms with E-state index in [9.17, 15) is 4.79 Å². The first-order valence-corrected chi connectivity index (χ1v) is 7.90. The van der Waals surface area contributed by atoms with Gasteiger partial charge in [-0.05, 0) is 25.7 Å². The third kappa shape index (κ3) is 4.16. The fourth-order valence-electron chi connectivity index (χ4n) is 2.70. The number of amides is 1. The SMILES string of the molecule is COCc1nc(C)cc(N[C@H](C(=O)N2CCCC2)C(C)C)n1. The Morgan fingerprint density at radius 1 is 1.36 bits per heavy atom. The number of methoxy groups -OCH3 is 1. The van der Waals surface area contributed by atoms with Crippen LogP contribution in [0.1, 0.15) is 38.2 Å². The second-order valence-electron chi connectivity index (χ2n) is 6.14. The molecule has 6 nitrogen and oxygen atoms in total. The van der Waals surface area contributed by atoms with E-state index in [1.807, 2.05) is 17.9 Å². The van der Waals surface area contributed by atoms with Crippen molar-refractivity contribution in [3.63, 3.8) is 0 Å². The van der Waals surface area contributed by atoms with Gasteiger partial charge in [0.1, 0.15) is 18.5 Å². The van der Waals surface area contributed by atoms with Gasteiger partial charge in [-0.3, -0.25) is 4.79 Å². The van der Waals surface area contributed by atoms with Crippen LogP contribution >= 0.6 is 0 Å². The van der Waals surface area contributed by atoms with Gasteiger partial charge < -0.3 is 15.0 Å². The molecule has 1 fully saturated rings. The molecular formula is C16H26N4O2. The van der Waals surface area contributed by atoms with Crippen molar-refractivity contribution in [3.8, 4) is 0 Å². The zero-order valence-electron chi connectivity index (χ0n) is 13.9. The number of rotatable bonds is 6. The number of nitrogens with zero attached hydrogens (tertiary/aromatic N) is 3. The van der Waals surface area contributed by atoms with E-state index in [4.69, 9.17) is 4.74 Å². The lowest BCUT2D eigenvalue weighted by Gasteiger charge is -2.27. The average molecular weight is 306 g/mol. The van der Waals surface area contributed by atoms with E-state index in [1.54, 1.807) is 7.11 Å². The lowest BCUT2D eigenvalue weighted by molar-refractivity contribution is -0.131. The second kappa shape index (κ2) is 7.54. The molecule has 2 heterocycles. The van der Waals surface area contributed by atoms with Crippen LogP contribution in [0.5, 0.6) is 0 Å². The largest absolute Gasteiger partial charge is 0.377 e. The minimum atomic E-state index is -0.261. The van der Waals surface area contributed by atoms with Crippen molar-refractivity contribution in [1.82, 2.24) is 14.9 Å². The van der Waals surface area contributed by atoms with Gasteiger partial charge >= 0.3 is 0 Å². The van der Waals surface area contributed by atoms with Crippen LogP contribution in [0.3, 0.4) is 0 Å². The predicted molar refractivity (Wildman–Crippen MR) is 85.5 cm³/mol. The first kappa shape index (κ1) is 16.7. The Bertz CT molecular complexity index is 513. The van der Waals surface area contributed by atoms with Crippen molar-refractivity contribution < 1.29 is 9.53 Å². The van der Waals surface area contributed by atoms with Gasteiger partial charge in [0.25, 0.3) is 0 Å². The molecule has 1 N–H and O–H groups in total. The normalized spacial score (nSPS) is 16.1. The molecule has 0 spiro atoms. The predicted octanol–water partition coefficient (Wildman–Crippen LogP) is 1.99. The number of hydrogen-bond acceptors (Lipinski definition) is 5.